The van der Waals surface area contributed by atoms with Crippen molar-refractivity contribution >= 4 is 28.0 Å². The lowest BCUT2D eigenvalue weighted by molar-refractivity contribution is -0.143. The van der Waals surface area contributed by atoms with Gasteiger partial charge in [0.25, 0.3) is 0 Å². The second-order valence-corrected chi connectivity index (χ2v) is 6.71. The molecular weight excluding hydrogens is 350 g/mol. The summed E-state index contributed by atoms with van der Waals surface area (Å²) in [6.45, 7) is 5.29. The quantitative estimate of drug-likeness (QED) is 0.805. The van der Waals surface area contributed by atoms with Gasteiger partial charge in [-0.3, -0.25) is 0 Å². The van der Waals surface area contributed by atoms with E-state index in [0.717, 1.165) is 10.0 Å². The predicted molar refractivity (Wildman–Crippen MR) is 87.6 cm³/mol. The summed E-state index contributed by atoms with van der Waals surface area (Å²) >= 11 is 3.46. The van der Waals surface area contributed by atoms with Crippen LogP contribution in [0.25, 0.3) is 0 Å². The molecule has 0 unspecified atom stereocenters. The molecule has 1 aromatic carbocycles. The van der Waals surface area contributed by atoms with Gasteiger partial charge in [-0.05, 0) is 45.2 Å². The smallest absolute Gasteiger partial charge is 0.408 e. The number of hydrogen-bond donors (Lipinski definition) is 1. The number of aryl methyl sites for hydroxylation is 1. The Bertz CT molecular complexity index is 525. The highest BCUT2D eigenvalue weighted by molar-refractivity contribution is 9.10. The van der Waals surface area contributed by atoms with Gasteiger partial charge in [0.2, 0.25) is 0 Å². The number of nitrogens with one attached hydrogen (secondary N) is 1. The predicted octanol–water partition coefficient (Wildman–Crippen LogP) is 3.45. The number of benzene rings is 1. The van der Waals surface area contributed by atoms with Gasteiger partial charge in [-0.2, -0.15) is 0 Å². The highest BCUT2D eigenvalue weighted by Gasteiger charge is 2.24. The molecular formula is C16H22BrNO4. The Labute approximate surface area is 139 Å². The van der Waals surface area contributed by atoms with Crippen molar-refractivity contribution in [1.29, 1.82) is 0 Å². The van der Waals surface area contributed by atoms with Crippen molar-refractivity contribution in [3.05, 3.63) is 34.3 Å². The molecule has 0 spiro atoms. The Hall–Kier alpha value is -1.56. The highest BCUT2D eigenvalue weighted by Crippen LogP contribution is 2.18. The summed E-state index contributed by atoms with van der Waals surface area (Å²) in [6.07, 6.45) is 0.418. The van der Waals surface area contributed by atoms with Gasteiger partial charge in [0.1, 0.15) is 11.6 Å². The third kappa shape index (κ3) is 6.47. The maximum absolute atomic E-state index is 11.8. The van der Waals surface area contributed by atoms with E-state index in [1.165, 1.54) is 7.11 Å². The molecule has 22 heavy (non-hydrogen) atoms. The zero-order valence-electron chi connectivity index (χ0n) is 13.3. The summed E-state index contributed by atoms with van der Waals surface area (Å²) in [7, 11) is 1.30. The van der Waals surface area contributed by atoms with E-state index in [1.807, 2.05) is 24.3 Å². The molecule has 0 aliphatic carbocycles. The maximum Gasteiger partial charge on any atom is 0.408 e. The molecule has 0 aliphatic heterocycles. The van der Waals surface area contributed by atoms with Crippen molar-refractivity contribution in [2.45, 2.75) is 45.3 Å². The molecule has 1 N–H and O–H groups in total. The molecule has 1 amide bonds. The van der Waals surface area contributed by atoms with Crippen molar-refractivity contribution in [1.82, 2.24) is 5.32 Å². The van der Waals surface area contributed by atoms with Crippen LogP contribution in [0.1, 0.15) is 32.8 Å². The van der Waals surface area contributed by atoms with Crippen molar-refractivity contribution in [3.63, 3.8) is 0 Å². The van der Waals surface area contributed by atoms with E-state index in [9.17, 15) is 9.59 Å². The van der Waals surface area contributed by atoms with Crippen LogP contribution in [0.4, 0.5) is 4.79 Å². The van der Waals surface area contributed by atoms with Crippen LogP contribution in [-0.4, -0.2) is 30.8 Å². The number of carbonyl (C=O) groups excluding carboxylic acids is 2. The first kappa shape index (κ1) is 18.5. The molecule has 0 saturated carbocycles. The minimum atomic E-state index is -0.744. The monoisotopic (exact) mass is 371 g/mol. The molecule has 0 saturated heterocycles. The Morgan fingerprint density at radius 1 is 1.27 bits per heavy atom. The van der Waals surface area contributed by atoms with Gasteiger partial charge in [0.05, 0.1) is 7.11 Å². The fraction of sp³-hybridized carbons (Fsp3) is 0.500. The lowest BCUT2D eigenvalue weighted by atomic mass is 10.1. The number of amides is 1. The molecule has 122 valence electrons. The minimum Gasteiger partial charge on any atom is -0.467 e. The van der Waals surface area contributed by atoms with Crippen molar-refractivity contribution < 1.29 is 19.1 Å². The Morgan fingerprint density at radius 3 is 2.45 bits per heavy atom. The van der Waals surface area contributed by atoms with Gasteiger partial charge in [-0.1, -0.05) is 34.1 Å². The van der Waals surface area contributed by atoms with Crippen LogP contribution in [0, 0.1) is 0 Å². The minimum absolute atomic E-state index is 0.425. The molecule has 0 fully saturated rings. The van der Waals surface area contributed by atoms with Crippen LogP contribution < -0.4 is 5.32 Å². The summed E-state index contributed by atoms with van der Waals surface area (Å²) in [6, 6.07) is 7.00. The molecule has 0 heterocycles. The lowest BCUT2D eigenvalue weighted by Gasteiger charge is -2.22. The first-order valence-electron chi connectivity index (χ1n) is 7.03. The molecule has 0 bridgehead atoms. The van der Waals surface area contributed by atoms with E-state index >= 15 is 0 Å². The Kier molecular flexibility index (Phi) is 6.87. The fourth-order valence-electron chi connectivity index (χ4n) is 1.84. The van der Waals surface area contributed by atoms with Crippen LogP contribution >= 0.6 is 15.9 Å². The largest absolute Gasteiger partial charge is 0.467 e. The van der Waals surface area contributed by atoms with E-state index in [0.29, 0.717) is 12.8 Å². The van der Waals surface area contributed by atoms with E-state index in [4.69, 9.17) is 9.47 Å². The molecule has 0 aromatic heterocycles. The number of alkyl carbamates (subject to hydrolysis) is 1. The van der Waals surface area contributed by atoms with E-state index in [1.54, 1.807) is 20.8 Å². The number of ether oxygens (including phenoxy) is 2. The topological polar surface area (TPSA) is 64.6 Å². The van der Waals surface area contributed by atoms with Crippen LogP contribution in [0.5, 0.6) is 0 Å². The van der Waals surface area contributed by atoms with Crippen LogP contribution in [0.3, 0.4) is 0 Å². The van der Waals surface area contributed by atoms with Gasteiger partial charge in [-0.15, -0.1) is 0 Å². The number of carbonyl (C=O) groups is 2. The molecule has 1 rings (SSSR count). The normalized spacial score (nSPS) is 12.4. The zero-order chi connectivity index (χ0) is 16.8. The summed E-state index contributed by atoms with van der Waals surface area (Å²) in [5.41, 5.74) is 0.440. The fourth-order valence-corrected chi connectivity index (χ4v) is 2.33. The van der Waals surface area contributed by atoms with Crippen molar-refractivity contribution in [3.8, 4) is 0 Å². The Balaban J connectivity index is 2.67. The zero-order valence-corrected chi connectivity index (χ0v) is 14.9. The lowest BCUT2D eigenvalue weighted by Crippen LogP contribution is -2.44. The van der Waals surface area contributed by atoms with Crippen molar-refractivity contribution in [2.24, 2.45) is 0 Å². The van der Waals surface area contributed by atoms with E-state index in [-0.39, 0.29) is 0 Å². The second-order valence-electron chi connectivity index (χ2n) is 5.85. The molecule has 5 nitrogen and oxygen atoms in total. The third-order valence-corrected chi connectivity index (χ3v) is 3.61. The van der Waals surface area contributed by atoms with Gasteiger partial charge in [-0.25, -0.2) is 9.59 Å². The highest BCUT2D eigenvalue weighted by atomic mass is 79.9. The van der Waals surface area contributed by atoms with Crippen molar-refractivity contribution in [2.75, 3.05) is 7.11 Å². The number of hydrogen-bond acceptors (Lipinski definition) is 4. The SMILES string of the molecule is COC(=O)[C@H](CCc1ccccc1Br)NC(=O)OC(C)(C)C. The summed E-state index contributed by atoms with van der Waals surface area (Å²) < 4.78 is 10.9. The maximum atomic E-state index is 11.8. The van der Waals surface area contributed by atoms with Gasteiger partial charge in [0.15, 0.2) is 0 Å². The van der Waals surface area contributed by atoms with Crippen LogP contribution in [0.15, 0.2) is 28.7 Å². The molecule has 0 aliphatic rings. The number of methoxy groups -OCH3 is 1. The van der Waals surface area contributed by atoms with Crippen LogP contribution in [-0.2, 0) is 20.7 Å². The van der Waals surface area contributed by atoms with Gasteiger partial charge >= 0.3 is 12.1 Å². The molecule has 1 atom stereocenters. The average Bonchev–Trinajstić information content (AvgIpc) is 2.42. The molecule has 0 radical (unpaired) electrons. The summed E-state index contributed by atoms with van der Waals surface area (Å²) in [5, 5.41) is 2.56. The molecule has 1 aromatic rings. The Morgan fingerprint density at radius 2 is 1.91 bits per heavy atom. The van der Waals surface area contributed by atoms with E-state index < -0.39 is 23.7 Å². The number of halogens is 1. The average molecular weight is 372 g/mol. The summed E-state index contributed by atoms with van der Waals surface area (Å²) in [4.78, 5) is 23.6. The van der Waals surface area contributed by atoms with Gasteiger partial charge < -0.3 is 14.8 Å². The second kappa shape index (κ2) is 8.17. The first-order chi connectivity index (χ1) is 10.2. The molecule has 6 heteroatoms. The third-order valence-electron chi connectivity index (χ3n) is 2.84. The van der Waals surface area contributed by atoms with Crippen LogP contribution in [0.2, 0.25) is 0 Å². The number of esters is 1. The number of rotatable bonds is 5. The first-order valence-corrected chi connectivity index (χ1v) is 7.83. The summed E-state index contributed by atoms with van der Waals surface area (Å²) in [5.74, 6) is -0.488. The van der Waals surface area contributed by atoms with Gasteiger partial charge in [0, 0.05) is 4.47 Å². The standard InChI is InChI=1S/C16H22BrNO4/c1-16(2,3)22-15(20)18-13(14(19)21-4)10-9-11-7-5-6-8-12(11)17/h5-8,13H,9-10H2,1-4H3,(H,18,20)/t13-/m0/s1. The van der Waals surface area contributed by atoms with E-state index in [2.05, 4.69) is 21.2 Å².